The molecule has 0 aromatic carbocycles. The molecule has 1 aliphatic rings. The fraction of sp³-hybridized carbons (Fsp3) is 0.833. The SMILES string of the molecule is CSCC(C)CNC(=O)N1CCC(C(=O)O)CC1. The minimum Gasteiger partial charge on any atom is -0.481 e. The lowest BCUT2D eigenvalue weighted by atomic mass is 9.97. The molecule has 104 valence electrons. The van der Waals surface area contributed by atoms with E-state index in [1.54, 1.807) is 16.7 Å². The Kier molecular flexibility index (Phi) is 6.32. The Morgan fingerprint density at radius 2 is 2.06 bits per heavy atom. The van der Waals surface area contributed by atoms with Crippen molar-refractivity contribution in [2.45, 2.75) is 19.8 Å². The molecule has 1 fully saturated rings. The zero-order valence-electron chi connectivity index (χ0n) is 11.0. The van der Waals surface area contributed by atoms with Crippen LogP contribution >= 0.6 is 11.8 Å². The molecule has 1 atom stereocenters. The van der Waals surface area contributed by atoms with Gasteiger partial charge in [0, 0.05) is 19.6 Å². The molecule has 0 aliphatic carbocycles. The quantitative estimate of drug-likeness (QED) is 0.797. The van der Waals surface area contributed by atoms with Crippen molar-refractivity contribution < 1.29 is 14.7 Å². The molecule has 0 saturated carbocycles. The average Bonchev–Trinajstić information content (AvgIpc) is 2.36. The van der Waals surface area contributed by atoms with Crippen LogP contribution in [-0.4, -0.2) is 53.6 Å². The normalized spacial score (nSPS) is 18.4. The fourth-order valence-corrected chi connectivity index (χ4v) is 2.73. The summed E-state index contributed by atoms with van der Waals surface area (Å²) >= 11 is 1.77. The molecular formula is C12H22N2O3S. The molecular weight excluding hydrogens is 252 g/mol. The average molecular weight is 274 g/mol. The number of rotatable bonds is 5. The Hall–Kier alpha value is -0.910. The van der Waals surface area contributed by atoms with Crippen molar-refractivity contribution in [3.63, 3.8) is 0 Å². The molecule has 0 aromatic heterocycles. The van der Waals surface area contributed by atoms with Crippen LogP contribution in [0.2, 0.25) is 0 Å². The maximum Gasteiger partial charge on any atom is 0.317 e. The molecule has 1 aliphatic heterocycles. The number of carbonyl (C=O) groups excluding carboxylic acids is 1. The lowest BCUT2D eigenvalue weighted by molar-refractivity contribution is -0.143. The number of likely N-dealkylation sites (tertiary alicyclic amines) is 1. The minimum atomic E-state index is -0.747. The molecule has 2 amide bonds. The van der Waals surface area contributed by atoms with Crippen molar-refractivity contribution in [3.05, 3.63) is 0 Å². The van der Waals surface area contributed by atoms with E-state index in [0.717, 1.165) is 5.75 Å². The van der Waals surface area contributed by atoms with Crippen LogP contribution in [0.5, 0.6) is 0 Å². The second kappa shape index (κ2) is 7.51. The van der Waals surface area contributed by atoms with Gasteiger partial charge in [0.15, 0.2) is 0 Å². The van der Waals surface area contributed by atoms with Crippen molar-refractivity contribution in [3.8, 4) is 0 Å². The molecule has 0 aromatic rings. The first kappa shape index (κ1) is 15.1. The summed E-state index contributed by atoms with van der Waals surface area (Å²) in [4.78, 5) is 24.4. The lowest BCUT2D eigenvalue weighted by Gasteiger charge is -2.30. The lowest BCUT2D eigenvalue weighted by Crippen LogP contribution is -2.46. The van der Waals surface area contributed by atoms with Gasteiger partial charge in [-0.2, -0.15) is 11.8 Å². The van der Waals surface area contributed by atoms with Crippen molar-refractivity contribution in [2.24, 2.45) is 11.8 Å². The number of piperidine rings is 1. The maximum atomic E-state index is 11.8. The third-order valence-electron chi connectivity index (χ3n) is 3.18. The first-order valence-electron chi connectivity index (χ1n) is 6.29. The van der Waals surface area contributed by atoms with E-state index in [0.29, 0.717) is 38.4 Å². The van der Waals surface area contributed by atoms with Gasteiger partial charge in [0.05, 0.1) is 5.92 Å². The Morgan fingerprint density at radius 3 is 2.56 bits per heavy atom. The summed E-state index contributed by atoms with van der Waals surface area (Å²) in [6.07, 6.45) is 3.17. The Balaban J connectivity index is 2.25. The van der Waals surface area contributed by atoms with Gasteiger partial charge in [-0.05, 0) is 30.8 Å². The largest absolute Gasteiger partial charge is 0.481 e. The number of amides is 2. The Bertz CT molecular complexity index is 291. The highest BCUT2D eigenvalue weighted by Crippen LogP contribution is 2.17. The van der Waals surface area contributed by atoms with E-state index < -0.39 is 5.97 Å². The molecule has 0 spiro atoms. The Morgan fingerprint density at radius 1 is 1.44 bits per heavy atom. The summed E-state index contributed by atoms with van der Waals surface area (Å²) < 4.78 is 0. The van der Waals surface area contributed by atoms with Gasteiger partial charge in [-0.3, -0.25) is 4.79 Å². The third kappa shape index (κ3) is 4.76. The number of carbonyl (C=O) groups is 2. The van der Waals surface area contributed by atoms with E-state index in [-0.39, 0.29) is 11.9 Å². The maximum absolute atomic E-state index is 11.8. The van der Waals surface area contributed by atoms with E-state index >= 15 is 0 Å². The highest BCUT2D eigenvalue weighted by atomic mass is 32.2. The van der Waals surface area contributed by atoms with E-state index in [1.165, 1.54) is 0 Å². The van der Waals surface area contributed by atoms with Crippen LogP contribution in [0.4, 0.5) is 4.79 Å². The number of urea groups is 1. The van der Waals surface area contributed by atoms with Crippen LogP contribution in [0.25, 0.3) is 0 Å². The van der Waals surface area contributed by atoms with Gasteiger partial charge in [-0.1, -0.05) is 6.92 Å². The minimum absolute atomic E-state index is 0.0632. The fourth-order valence-electron chi connectivity index (χ4n) is 2.05. The van der Waals surface area contributed by atoms with E-state index in [2.05, 4.69) is 18.5 Å². The van der Waals surface area contributed by atoms with Crippen molar-refractivity contribution in [2.75, 3.05) is 31.6 Å². The van der Waals surface area contributed by atoms with E-state index in [9.17, 15) is 9.59 Å². The van der Waals surface area contributed by atoms with Crippen LogP contribution in [-0.2, 0) is 4.79 Å². The summed E-state index contributed by atoms with van der Waals surface area (Å²) in [7, 11) is 0. The molecule has 18 heavy (non-hydrogen) atoms. The van der Waals surface area contributed by atoms with Crippen LogP contribution < -0.4 is 5.32 Å². The van der Waals surface area contributed by atoms with Crippen LogP contribution in [0.1, 0.15) is 19.8 Å². The number of nitrogens with zero attached hydrogens (tertiary/aromatic N) is 1. The number of carboxylic acids is 1. The summed E-state index contributed by atoms with van der Waals surface area (Å²) in [6.45, 7) is 3.87. The van der Waals surface area contributed by atoms with Gasteiger partial charge in [0.1, 0.15) is 0 Å². The molecule has 1 saturated heterocycles. The molecule has 1 heterocycles. The first-order chi connectivity index (χ1) is 8.54. The predicted octanol–water partition coefficient (Wildman–Crippen LogP) is 1.49. The van der Waals surface area contributed by atoms with Gasteiger partial charge in [0.2, 0.25) is 0 Å². The highest BCUT2D eigenvalue weighted by Gasteiger charge is 2.26. The topological polar surface area (TPSA) is 69.6 Å². The van der Waals surface area contributed by atoms with E-state index in [1.807, 2.05) is 0 Å². The molecule has 1 rings (SSSR count). The molecule has 2 N–H and O–H groups in total. The van der Waals surface area contributed by atoms with Crippen molar-refractivity contribution >= 4 is 23.8 Å². The zero-order chi connectivity index (χ0) is 13.5. The van der Waals surface area contributed by atoms with Crippen LogP contribution in [0.15, 0.2) is 0 Å². The summed E-state index contributed by atoms with van der Waals surface area (Å²) in [5.41, 5.74) is 0. The van der Waals surface area contributed by atoms with Gasteiger partial charge >= 0.3 is 12.0 Å². The molecule has 0 bridgehead atoms. The van der Waals surface area contributed by atoms with Gasteiger partial charge in [-0.25, -0.2) is 4.79 Å². The summed E-state index contributed by atoms with van der Waals surface area (Å²) in [6, 6.07) is -0.0632. The van der Waals surface area contributed by atoms with Crippen LogP contribution in [0, 0.1) is 11.8 Å². The molecule has 5 nitrogen and oxygen atoms in total. The number of aliphatic carboxylic acids is 1. The molecule has 1 unspecified atom stereocenters. The third-order valence-corrected chi connectivity index (χ3v) is 4.09. The monoisotopic (exact) mass is 274 g/mol. The predicted molar refractivity (Wildman–Crippen MR) is 72.9 cm³/mol. The number of carboxylic acid groups (broad SMARTS) is 1. The second-order valence-corrected chi connectivity index (χ2v) is 5.76. The van der Waals surface area contributed by atoms with Gasteiger partial charge in [0.25, 0.3) is 0 Å². The molecule has 0 radical (unpaired) electrons. The Labute approximate surface area is 112 Å². The smallest absolute Gasteiger partial charge is 0.317 e. The first-order valence-corrected chi connectivity index (χ1v) is 7.68. The van der Waals surface area contributed by atoms with Crippen LogP contribution in [0.3, 0.4) is 0 Å². The van der Waals surface area contributed by atoms with Gasteiger partial charge < -0.3 is 15.3 Å². The zero-order valence-corrected chi connectivity index (χ0v) is 11.8. The standard InChI is InChI=1S/C12H22N2O3S/c1-9(8-18-2)7-13-12(17)14-5-3-10(4-6-14)11(15)16/h9-10H,3-8H2,1-2H3,(H,13,17)(H,15,16). The van der Waals surface area contributed by atoms with Crippen molar-refractivity contribution in [1.82, 2.24) is 10.2 Å². The number of thioether (sulfide) groups is 1. The van der Waals surface area contributed by atoms with E-state index in [4.69, 9.17) is 5.11 Å². The number of hydrogen-bond acceptors (Lipinski definition) is 3. The summed E-state index contributed by atoms with van der Waals surface area (Å²) in [5, 5.41) is 11.8. The second-order valence-electron chi connectivity index (χ2n) is 4.85. The summed E-state index contributed by atoms with van der Waals surface area (Å²) in [5.74, 6) is 0.454. The highest BCUT2D eigenvalue weighted by molar-refractivity contribution is 7.98. The number of nitrogens with one attached hydrogen (secondary N) is 1. The molecule has 6 heteroatoms. The van der Waals surface area contributed by atoms with Gasteiger partial charge in [-0.15, -0.1) is 0 Å². The number of hydrogen-bond donors (Lipinski definition) is 2. The van der Waals surface area contributed by atoms with Crippen molar-refractivity contribution in [1.29, 1.82) is 0 Å².